The van der Waals surface area contributed by atoms with E-state index in [1.807, 2.05) is 30.3 Å². The number of benzene rings is 1. The highest BCUT2D eigenvalue weighted by Crippen LogP contribution is 2.33. The molecule has 1 aromatic carbocycles. The van der Waals surface area contributed by atoms with Crippen molar-refractivity contribution in [1.29, 1.82) is 0 Å². The minimum absolute atomic E-state index is 0.0595. The monoisotopic (exact) mass is 379 g/mol. The number of amides is 1. The topological polar surface area (TPSA) is 63.2 Å². The van der Waals surface area contributed by atoms with E-state index in [4.69, 9.17) is 0 Å². The molecule has 1 aliphatic rings. The molecule has 0 bridgehead atoms. The summed E-state index contributed by atoms with van der Waals surface area (Å²) in [6, 6.07) is 9.94. The Morgan fingerprint density at radius 3 is 2.54 bits per heavy atom. The Labute approximate surface area is 158 Å². The maximum Gasteiger partial charge on any atom is 0.235 e. The zero-order valence-electron chi connectivity index (χ0n) is 16.3. The summed E-state index contributed by atoms with van der Waals surface area (Å²) in [5, 5.41) is 3.03. The molecule has 0 aromatic heterocycles. The van der Waals surface area contributed by atoms with Crippen molar-refractivity contribution >= 4 is 15.7 Å². The van der Waals surface area contributed by atoms with Gasteiger partial charge in [-0.25, -0.2) is 8.42 Å². The minimum atomic E-state index is -3.37. The normalized spacial score (nSPS) is 23.8. The van der Waals surface area contributed by atoms with Crippen LogP contribution in [-0.4, -0.2) is 31.9 Å². The van der Waals surface area contributed by atoms with Gasteiger partial charge < -0.3 is 5.32 Å². The summed E-state index contributed by atoms with van der Waals surface area (Å²) in [6.45, 7) is 6.57. The molecular formula is C21H33NO3S. The quantitative estimate of drug-likeness (QED) is 0.750. The van der Waals surface area contributed by atoms with Crippen LogP contribution in [-0.2, 0) is 21.1 Å². The first-order valence-electron chi connectivity index (χ1n) is 9.80. The summed E-state index contributed by atoms with van der Waals surface area (Å²) in [6.07, 6.45) is 4.51. The third-order valence-corrected chi connectivity index (χ3v) is 7.10. The zero-order valence-corrected chi connectivity index (χ0v) is 17.1. The fourth-order valence-corrected chi connectivity index (χ4v) is 5.24. The number of nitrogens with one attached hydrogen (secondary N) is 1. The van der Waals surface area contributed by atoms with E-state index in [9.17, 15) is 13.2 Å². The number of carbonyl (C=O) groups excluding carboxylic acids is 1. The van der Waals surface area contributed by atoms with E-state index in [0.717, 1.165) is 24.8 Å². The predicted molar refractivity (Wildman–Crippen MR) is 107 cm³/mol. The van der Waals surface area contributed by atoms with Crippen molar-refractivity contribution in [1.82, 2.24) is 5.32 Å². The Balaban J connectivity index is 1.82. The van der Waals surface area contributed by atoms with Crippen molar-refractivity contribution < 1.29 is 13.2 Å². The first-order valence-corrected chi connectivity index (χ1v) is 11.6. The first kappa shape index (κ1) is 20.9. The molecular weight excluding hydrogens is 346 g/mol. The predicted octanol–water partition coefficient (Wildman–Crippen LogP) is 3.61. The van der Waals surface area contributed by atoms with Crippen molar-refractivity contribution in [2.75, 3.05) is 11.5 Å². The lowest BCUT2D eigenvalue weighted by Crippen LogP contribution is -2.47. The molecule has 1 amide bonds. The van der Waals surface area contributed by atoms with Crippen molar-refractivity contribution in [2.45, 2.75) is 58.9 Å². The second kappa shape index (κ2) is 9.54. The van der Waals surface area contributed by atoms with Gasteiger partial charge in [-0.05, 0) is 49.0 Å². The van der Waals surface area contributed by atoms with E-state index in [-0.39, 0.29) is 17.7 Å². The average molecular weight is 380 g/mol. The highest BCUT2D eigenvalue weighted by molar-refractivity contribution is 7.92. The molecule has 0 heterocycles. The molecule has 0 radical (unpaired) electrons. The van der Waals surface area contributed by atoms with Crippen molar-refractivity contribution in [3.63, 3.8) is 0 Å². The summed E-state index contributed by atoms with van der Waals surface area (Å²) >= 11 is 0. The van der Waals surface area contributed by atoms with Gasteiger partial charge in [0.1, 0.15) is 5.75 Å². The molecule has 0 unspecified atom stereocenters. The lowest BCUT2D eigenvalue weighted by molar-refractivity contribution is -0.120. The number of aryl methyl sites for hydroxylation is 1. The minimum Gasteiger partial charge on any atom is -0.352 e. The lowest BCUT2D eigenvalue weighted by Gasteiger charge is -2.37. The molecule has 2 rings (SSSR count). The summed E-state index contributed by atoms with van der Waals surface area (Å²) in [5.41, 5.74) is 1.13. The second-order valence-corrected chi connectivity index (χ2v) is 10.4. The molecule has 26 heavy (non-hydrogen) atoms. The zero-order chi connectivity index (χ0) is 19.2. The van der Waals surface area contributed by atoms with Gasteiger partial charge >= 0.3 is 0 Å². The van der Waals surface area contributed by atoms with Gasteiger partial charge in [0.15, 0.2) is 9.84 Å². The summed E-state index contributed by atoms with van der Waals surface area (Å²) in [5.74, 6) is 0.847. The SMILES string of the molecule is CC(C)[C@H]1CC[C@H](C)C[C@H]1NC(=O)CS(=O)(=O)CCCc1ccccc1. The van der Waals surface area contributed by atoms with Crippen molar-refractivity contribution in [3.05, 3.63) is 35.9 Å². The highest BCUT2D eigenvalue weighted by Gasteiger charge is 2.32. The third-order valence-electron chi connectivity index (χ3n) is 5.48. The maximum absolute atomic E-state index is 12.3. The first-order chi connectivity index (χ1) is 12.3. The molecule has 5 heteroatoms. The Hall–Kier alpha value is -1.36. The molecule has 1 fully saturated rings. The van der Waals surface area contributed by atoms with Crippen LogP contribution in [0.25, 0.3) is 0 Å². The summed E-state index contributed by atoms with van der Waals surface area (Å²) < 4.78 is 24.6. The number of hydrogen-bond acceptors (Lipinski definition) is 3. The largest absolute Gasteiger partial charge is 0.352 e. The fourth-order valence-electron chi connectivity index (χ4n) is 4.03. The van der Waals surface area contributed by atoms with Crippen LogP contribution in [0.5, 0.6) is 0 Å². The number of rotatable bonds is 8. The van der Waals surface area contributed by atoms with Crippen LogP contribution in [0.15, 0.2) is 30.3 Å². The van der Waals surface area contributed by atoms with Crippen molar-refractivity contribution in [2.24, 2.45) is 17.8 Å². The standard InChI is InChI=1S/C21H33NO3S/c1-16(2)19-12-11-17(3)14-20(19)22-21(23)15-26(24,25)13-7-10-18-8-5-4-6-9-18/h4-6,8-9,16-17,19-20H,7,10-15H2,1-3H3,(H,22,23)/t17-,19+,20+/m0/s1. The smallest absolute Gasteiger partial charge is 0.235 e. The van der Waals surface area contributed by atoms with E-state index in [0.29, 0.717) is 24.2 Å². The van der Waals surface area contributed by atoms with Gasteiger partial charge in [-0.15, -0.1) is 0 Å². The maximum atomic E-state index is 12.3. The van der Waals surface area contributed by atoms with Crippen LogP contribution in [0, 0.1) is 17.8 Å². The molecule has 0 saturated heterocycles. The molecule has 4 nitrogen and oxygen atoms in total. The second-order valence-electron chi connectivity index (χ2n) is 8.18. The van der Waals surface area contributed by atoms with Crippen LogP contribution in [0.1, 0.15) is 52.0 Å². The Bertz CT molecular complexity index is 670. The molecule has 3 atom stereocenters. The number of sulfone groups is 1. The lowest BCUT2D eigenvalue weighted by atomic mass is 9.74. The van der Waals surface area contributed by atoms with Crippen LogP contribution >= 0.6 is 0 Å². The van der Waals surface area contributed by atoms with Gasteiger partial charge in [0.05, 0.1) is 5.75 Å². The van der Waals surface area contributed by atoms with Crippen LogP contribution in [0.4, 0.5) is 0 Å². The van der Waals surface area contributed by atoms with Crippen molar-refractivity contribution in [3.8, 4) is 0 Å². The van der Waals surface area contributed by atoms with Gasteiger partial charge in [-0.2, -0.15) is 0 Å². The van der Waals surface area contributed by atoms with E-state index >= 15 is 0 Å². The Kier molecular flexibility index (Phi) is 7.69. The summed E-state index contributed by atoms with van der Waals surface area (Å²) in [4.78, 5) is 12.3. The van der Waals surface area contributed by atoms with E-state index in [1.54, 1.807) is 0 Å². The molecule has 146 valence electrons. The summed E-state index contributed by atoms with van der Waals surface area (Å²) in [7, 11) is -3.37. The van der Waals surface area contributed by atoms with E-state index in [1.165, 1.54) is 6.42 Å². The molecule has 1 N–H and O–H groups in total. The van der Waals surface area contributed by atoms with Gasteiger partial charge in [0.25, 0.3) is 0 Å². The van der Waals surface area contributed by atoms with E-state index < -0.39 is 15.6 Å². The van der Waals surface area contributed by atoms with E-state index in [2.05, 4.69) is 26.1 Å². The van der Waals surface area contributed by atoms with Crippen LogP contribution in [0.2, 0.25) is 0 Å². The Morgan fingerprint density at radius 1 is 1.19 bits per heavy atom. The molecule has 0 aliphatic heterocycles. The fraction of sp³-hybridized carbons (Fsp3) is 0.667. The third kappa shape index (κ3) is 6.75. The average Bonchev–Trinajstić information content (AvgIpc) is 2.54. The molecule has 1 saturated carbocycles. The van der Waals surface area contributed by atoms with Gasteiger partial charge in [0.2, 0.25) is 5.91 Å². The molecule has 0 spiro atoms. The highest BCUT2D eigenvalue weighted by atomic mass is 32.2. The van der Waals surface area contributed by atoms with Gasteiger partial charge in [-0.1, -0.05) is 57.5 Å². The van der Waals surface area contributed by atoms with Gasteiger partial charge in [0, 0.05) is 6.04 Å². The number of hydrogen-bond donors (Lipinski definition) is 1. The number of carbonyl (C=O) groups is 1. The van der Waals surface area contributed by atoms with Crippen LogP contribution in [0.3, 0.4) is 0 Å². The molecule has 1 aromatic rings. The Morgan fingerprint density at radius 2 is 1.88 bits per heavy atom. The van der Waals surface area contributed by atoms with Gasteiger partial charge in [-0.3, -0.25) is 4.79 Å². The molecule has 1 aliphatic carbocycles. The van der Waals surface area contributed by atoms with Crippen LogP contribution < -0.4 is 5.32 Å².